The number of aromatic amines is 1. The highest BCUT2D eigenvalue weighted by Crippen LogP contribution is 2.23. The van der Waals surface area contributed by atoms with Crippen LogP contribution in [0.25, 0.3) is 16.5 Å². The van der Waals surface area contributed by atoms with E-state index in [0.29, 0.717) is 13.0 Å². The molecule has 24 heavy (non-hydrogen) atoms. The monoisotopic (exact) mass is 316 g/mol. The molecule has 3 aromatic rings. The van der Waals surface area contributed by atoms with Crippen LogP contribution in [0, 0.1) is 0 Å². The molecular weight excluding hydrogens is 296 g/mol. The van der Waals surface area contributed by atoms with Gasteiger partial charge in [-0.05, 0) is 29.2 Å². The molecule has 3 nitrogen and oxygen atoms in total. The molecule has 1 aliphatic rings. The molecule has 0 atom stereocenters. The SMILES string of the molecule is O=C(Cc1c[nH]c2ccccc12)N1CC=C(c2ccccc2)CC1. The van der Waals surface area contributed by atoms with Crippen molar-refractivity contribution in [3.8, 4) is 0 Å². The summed E-state index contributed by atoms with van der Waals surface area (Å²) in [4.78, 5) is 17.8. The predicted octanol–water partition coefficient (Wildman–Crippen LogP) is 4.03. The Hall–Kier alpha value is -2.81. The summed E-state index contributed by atoms with van der Waals surface area (Å²) in [6.45, 7) is 1.49. The second-order valence-corrected chi connectivity index (χ2v) is 6.22. The number of H-pyrrole nitrogens is 1. The van der Waals surface area contributed by atoms with Gasteiger partial charge in [-0.25, -0.2) is 0 Å². The van der Waals surface area contributed by atoms with Crippen LogP contribution in [-0.4, -0.2) is 28.9 Å². The van der Waals surface area contributed by atoms with Crippen LogP contribution < -0.4 is 0 Å². The largest absolute Gasteiger partial charge is 0.361 e. The predicted molar refractivity (Wildman–Crippen MR) is 97.6 cm³/mol. The summed E-state index contributed by atoms with van der Waals surface area (Å²) in [6, 6.07) is 18.5. The molecule has 3 heteroatoms. The van der Waals surface area contributed by atoms with Gasteiger partial charge in [0, 0.05) is 30.2 Å². The Bertz CT molecular complexity index is 892. The third-order valence-corrected chi connectivity index (χ3v) is 4.72. The van der Waals surface area contributed by atoms with Crippen LogP contribution in [-0.2, 0) is 11.2 Å². The molecule has 0 radical (unpaired) electrons. The summed E-state index contributed by atoms with van der Waals surface area (Å²) >= 11 is 0. The fourth-order valence-electron chi connectivity index (χ4n) is 3.36. The van der Waals surface area contributed by atoms with E-state index in [1.807, 2.05) is 35.4 Å². The Balaban J connectivity index is 1.46. The molecule has 2 aromatic carbocycles. The van der Waals surface area contributed by atoms with Crippen molar-refractivity contribution in [1.82, 2.24) is 9.88 Å². The molecule has 2 heterocycles. The van der Waals surface area contributed by atoms with E-state index in [2.05, 4.69) is 41.4 Å². The number of amides is 1. The number of aromatic nitrogens is 1. The van der Waals surface area contributed by atoms with Gasteiger partial charge in [-0.2, -0.15) is 0 Å². The van der Waals surface area contributed by atoms with E-state index in [0.717, 1.165) is 29.4 Å². The number of nitrogens with one attached hydrogen (secondary N) is 1. The van der Waals surface area contributed by atoms with Gasteiger partial charge in [0.05, 0.1) is 6.42 Å². The molecule has 0 unspecified atom stereocenters. The standard InChI is InChI=1S/C21H20N2O/c24-21(14-18-15-22-20-9-5-4-8-19(18)20)23-12-10-17(11-13-23)16-6-2-1-3-7-16/h1-10,15,22H,11-14H2. The molecule has 0 spiro atoms. The van der Waals surface area contributed by atoms with Gasteiger partial charge in [-0.3, -0.25) is 4.79 Å². The quantitative estimate of drug-likeness (QED) is 0.778. The van der Waals surface area contributed by atoms with Crippen LogP contribution in [0.3, 0.4) is 0 Å². The average molecular weight is 316 g/mol. The van der Waals surface area contributed by atoms with Gasteiger partial charge < -0.3 is 9.88 Å². The van der Waals surface area contributed by atoms with Crippen LogP contribution in [0.4, 0.5) is 0 Å². The van der Waals surface area contributed by atoms with Crippen molar-refractivity contribution >= 4 is 22.4 Å². The second-order valence-electron chi connectivity index (χ2n) is 6.22. The number of benzene rings is 2. The van der Waals surface area contributed by atoms with E-state index < -0.39 is 0 Å². The number of hydrogen-bond acceptors (Lipinski definition) is 1. The molecule has 1 amide bonds. The number of nitrogens with zero attached hydrogens (tertiary/aromatic N) is 1. The number of rotatable bonds is 3. The lowest BCUT2D eigenvalue weighted by Gasteiger charge is -2.26. The van der Waals surface area contributed by atoms with Crippen molar-refractivity contribution < 1.29 is 4.79 Å². The van der Waals surface area contributed by atoms with Crippen LogP contribution in [0.5, 0.6) is 0 Å². The van der Waals surface area contributed by atoms with Crippen LogP contribution in [0.1, 0.15) is 17.5 Å². The maximum absolute atomic E-state index is 12.6. The lowest BCUT2D eigenvalue weighted by Crippen LogP contribution is -2.35. The van der Waals surface area contributed by atoms with E-state index in [1.54, 1.807) is 0 Å². The van der Waals surface area contributed by atoms with Crippen molar-refractivity contribution in [2.24, 2.45) is 0 Å². The molecule has 1 aliphatic heterocycles. The number of fused-ring (bicyclic) bond motifs is 1. The fourth-order valence-corrected chi connectivity index (χ4v) is 3.36. The van der Waals surface area contributed by atoms with Gasteiger partial charge >= 0.3 is 0 Å². The van der Waals surface area contributed by atoms with Crippen molar-refractivity contribution in [3.05, 3.63) is 78.0 Å². The Kier molecular flexibility index (Phi) is 3.91. The molecule has 0 aliphatic carbocycles. The molecule has 4 rings (SSSR count). The molecule has 0 saturated carbocycles. The van der Waals surface area contributed by atoms with Crippen molar-refractivity contribution in [3.63, 3.8) is 0 Å². The van der Waals surface area contributed by atoms with E-state index >= 15 is 0 Å². The first kappa shape index (κ1) is 14.8. The summed E-state index contributed by atoms with van der Waals surface area (Å²) in [5.74, 6) is 0.197. The minimum atomic E-state index is 0.197. The van der Waals surface area contributed by atoms with E-state index in [4.69, 9.17) is 0 Å². The zero-order chi connectivity index (χ0) is 16.4. The van der Waals surface area contributed by atoms with Crippen LogP contribution in [0.15, 0.2) is 66.9 Å². The van der Waals surface area contributed by atoms with Crippen LogP contribution >= 0.6 is 0 Å². The van der Waals surface area contributed by atoms with Crippen molar-refractivity contribution in [1.29, 1.82) is 0 Å². The highest BCUT2D eigenvalue weighted by Gasteiger charge is 2.19. The van der Waals surface area contributed by atoms with E-state index in [9.17, 15) is 4.79 Å². The zero-order valence-corrected chi connectivity index (χ0v) is 13.5. The minimum Gasteiger partial charge on any atom is -0.361 e. The number of hydrogen-bond donors (Lipinski definition) is 1. The zero-order valence-electron chi connectivity index (χ0n) is 13.5. The van der Waals surface area contributed by atoms with Gasteiger partial charge in [-0.15, -0.1) is 0 Å². The molecule has 0 fully saturated rings. The molecule has 0 saturated heterocycles. The summed E-state index contributed by atoms with van der Waals surface area (Å²) in [7, 11) is 0. The molecule has 1 N–H and O–H groups in total. The van der Waals surface area contributed by atoms with Gasteiger partial charge in [0.2, 0.25) is 5.91 Å². The minimum absolute atomic E-state index is 0.197. The van der Waals surface area contributed by atoms with Crippen molar-refractivity contribution in [2.45, 2.75) is 12.8 Å². The number of para-hydroxylation sites is 1. The molecule has 1 aromatic heterocycles. The van der Waals surface area contributed by atoms with Crippen molar-refractivity contribution in [2.75, 3.05) is 13.1 Å². The van der Waals surface area contributed by atoms with Gasteiger partial charge in [0.1, 0.15) is 0 Å². The smallest absolute Gasteiger partial charge is 0.227 e. The second kappa shape index (κ2) is 6.36. The third-order valence-electron chi connectivity index (χ3n) is 4.72. The van der Waals surface area contributed by atoms with Crippen LogP contribution in [0.2, 0.25) is 0 Å². The lowest BCUT2D eigenvalue weighted by atomic mass is 9.99. The normalized spacial score (nSPS) is 14.7. The first-order valence-electron chi connectivity index (χ1n) is 8.38. The summed E-state index contributed by atoms with van der Waals surface area (Å²) in [6.07, 6.45) is 5.52. The summed E-state index contributed by atoms with van der Waals surface area (Å²) in [5, 5.41) is 1.14. The average Bonchev–Trinajstić information content (AvgIpc) is 3.06. The summed E-state index contributed by atoms with van der Waals surface area (Å²) < 4.78 is 0. The molecule has 0 bridgehead atoms. The topological polar surface area (TPSA) is 36.1 Å². The Labute approximate surface area is 141 Å². The maximum Gasteiger partial charge on any atom is 0.227 e. The first-order chi connectivity index (χ1) is 11.8. The van der Waals surface area contributed by atoms with E-state index in [1.165, 1.54) is 11.1 Å². The Morgan fingerprint density at radius 3 is 2.62 bits per heavy atom. The number of carbonyl (C=O) groups is 1. The van der Waals surface area contributed by atoms with Gasteiger partial charge in [-0.1, -0.05) is 54.6 Å². The first-order valence-corrected chi connectivity index (χ1v) is 8.38. The molecular formula is C21H20N2O. The molecule has 120 valence electrons. The highest BCUT2D eigenvalue weighted by molar-refractivity contribution is 5.89. The number of carbonyl (C=O) groups excluding carboxylic acids is 1. The fraction of sp³-hybridized carbons (Fsp3) is 0.190. The Morgan fingerprint density at radius 2 is 1.83 bits per heavy atom. The summed E-state index contributed by atoms with van der Waals surface area (Å²) in [5.41, 5.74) is 4.77. The van der Waals surface area contributed by atoms with Gasteiger partial charge in [0.15, 0.2) is 0 Å². The highest BCUT2D eigenvalue weighted by atomic mass is 16.2. The van der Waals surface area contributed by atoms with E-state index in [-0.39, 0.29) is 5.91 Å². The Morgan fingerprint density at radius 1 is 1.04 bits per heavy atom. The third kappa shape index (κ3) is 2.85. The van der Waals surface area contributed by atoms with Gasteiger partial charge in [0.25, 0.3) is 0 Å². The maximum atomic E-state index is 12.6. The lowest BCUT2D eigenvalue weighted by molar-refractivity contribution is -0.130.